The van der Waals surface area contributed by atoms with Gasteiger partial charge >= 0.3 is 0 Å². The molecule has 0 saturated carbocycles. The molecule has 7 nitrogen and oxygen atoms in total. The molecular formula is C25H29N5O2. The van der Waals surface area contributed by atoms with Crippen molar-refractivity contribution in [3.8, 4) is 11.1 Å². The number of carbonyl (C=O) groups excluding carboxylic acids is 1. The van der Waals surface area contributed by atoms with Gasteiger partial charge in [0, 0.05) is 51.1 Å². The van der Waals surface area contributed by atoms with E-state index in [1.165, 1.54) is 11.1 Å². The Bertz CT molecular complexity index is 1110. The largest absolute Gasteiger partial charge is 0.369 e. The zero-order chi connectivity index (χ0) is 22.7. The van der Waals surface area contributed by atoms with E-state index in [0.717, 1.165) is 36.5 Å². The fourth-order valence-corrected chi connectivity index (χ4v) is 3.95. The summed E-state index contributed by atoms with van der Waals surface area (Å²) in [5.74, 6) is 0.159. The Morgan fingerprint density at radius 3 is 2.78 bits per heavy atom. The zero-order valence-corrected chi connectivity index (χ0v) is 18.8. The average molecular weight is 432 g/mol. The van der Waals surface area contributed by atoms with E-state index in [4.69, 9.17) is 15.5 Å². The van der Waals surface area contributed by atoms with E-state index in [1.54, 1.807) is 18.3 Å². The van der Waals surface area contributed by atoms with Crippen LogP contribution in [0.15, 0.2) is 54.7 Å². The number of anilines is 1. The molecule has 1 aliphatic rings. The normalized spacial score (nSPS) is 16.7. The molecule has 0 bridgehead atoms. The van der Waals surface area contributed by atoms with Gasteiger partial charge in [-0.15, -0.1) is 0 Å². The highest BCUT2D eigenvalue weighted by Crippen LogP contribution is 2.32. The molecular weight excluding hydrogens is 402 g/mol. The molecule has 2 aromatic carbocycles. The summed E-state index contributed by atoms with van der Waals surface area (Å²) in [7, 11) is 3.83. The van der Waals surface area contributed by atoms with Crippen LogP contribution in [0.5, 0.6) is 0 Å². The van der Waals surface area contributed by atoms with Crippen molar-refractivity contribution < 1.29 is 9.53 Å². The number of primary amides is 1. The molecule has 1 aliphatic heterocycles. The van der Waals surface area contributed by atoms with Crippen molar-refractivity contribution in [3.63, 3.8) is 0 Å². The average Bonchev–Trinajstić information content (AvgIpc) is 2.80. The maximum atomic E-state index is 11.7. The predicted molar refractivity (Wildman–Crippen MR) is 125 cm³/mol. The summed E-state index contributed by atoms with van der Waals surface area (Å²) in [5, 5.41) is 0. The van der Waals surface area contributed by atoms with Gasteiger partial charge in [0.15, 0.2) is 0 Å². The lowest BCUT2D eigenvalue weighted by Gasteiger charge is -2.34. The summed E-state index contributed by atoms with van der Waals surface area (Å²) in [5.41, 5.74) is 11.1. The Morgan fingerprint density at radius 2 is 2.03 bits per heavy atom. The highest BCUT2D eigenvalue weighted by molar-refractivity contribution is 5.94. The molecule has 0 aliphatic carbocycles. The molecule has 1 unspecified atom stereocenters. The van der Waals surface area contributed by atoms with Crippen LogP contribution in [0.3, 0.4) is 0 Å². The number of rotatable bonds is 6. The van der Waals surface area contributed by atoms with Crippen LogP contribution < -0.4 is 10.6 Å². The Balaban J connectivity index is 1.68. The molecule has 3 aromatic rings. The third-order valence-electron chi connectivity index (χ3n) is 5.77. The Morgan fingerprint density at radius 1 is 1.22 bits per heavy atom. The number of nitrogens with two attached hydrogens (primary N) is 1. The number of hydrogen-bond donors (Lipinski definition) is 1. The second-order valence-electron chi connectivity index (χ2n) is 8.33. The molecule has 2 N–H and O–H groups in total. The van der Waals surface area contributed by atoms with Gasteiger partial charge in [-0.3, -0.25) is 9.69 Å². The number of aryl methyl sites for hydroxylation is 1. The van der Waals surface area contributed by atoms with Gasteiger partial charge in [-0.25, -0.2) is 9.97 Å². The Labute approximate surface area is 188 Å². The molecule has 1 saturated heterocycles. The minimum Gasteiger partial charge on any atom is -0.369 e. The second-order valence-corrected chi connectivity index (χ2v) is 8.33. The third-order valence-corrected chi connectivity index (χ3v) is 5.77. The van der Waals surface area contributed by atoms with E-state index >= 15 is 0 Å². The van der Waals surface area contributed by atoms with Gasteiger partial charge in [0.05, 0.1) is 12.3 Å². The number of hydrogen-bond acceptors (Lipinski definition) is 6. The van der Waals surface area contributed by atoms with Crippen molar-refractivity contribution in [2.45, 2.75) is 19.6 Å². The summed E-state index contributed by atoms with van der Waals surface area (Å²) in [4.78, 5) is 25.4. The van der Waals surface area contributed by atoms with Gasteiger partial charge in [-0.2, -0.15) is 0 Å². The van der Waals surface area contributed by atoms with Crippen LogP contribution in [0.25, 0.3) is 11.1 Å². The van der Waals surface area contributed by atoms with Crippen molar-refractivity contribution in [2.75, 3.05) is 38.7 Å². The van der Waals surface area contributed by atoms with E-state index in [9.17, 15) is 4.79 Å². The van der Waals surface area contributed by atoms with Crippen LogP contribution in [-0.2, 0) is 11.3 Å². The first-order valence-electron chi connectivity index (χ1n) is 10.8. The Hall–Kier alpha value is -3.29. The lowest BCUT2D eigenvalue weighted by Crippen LogP contribution is -2.38. The summed E-state index contributed by atoms with van der Waals surface area (Å²) < 4.78 is 6.19. The highest BCUT2D eigenvalue weighted by atomic mass is 16.5. The number of nitrogens with zero attached hydrogens (tertiary/aromatic N) is 4. The van der Waals surface area contributed by atoms with Gasteiger partial charge in [-0.1, -0.05) is 36.4 Å². The monoisotopic (exact) mass is 431 g/mol. The lowest BCUT2D eigenvalue weighted by molar-refractivity contribution is -0.0347. The first-order chi connectivity index (χ1) is 15.4. The van der Waals surface area contributed by atoms with Crippen LogP contribution >= 0.6 is 0 Å². The maximum absolute atomic E-state index is 11.7. The van der Waals surface area contributed by atoms with E-state index in [1.807, 2.05) is 31.1 Å². The second kappa shape index (κ2) is 9.46. The van der Waals surface area contributed by atoms with Gasteiger partial charge in [0.2, 0.25) is 11.9 Å². The fourth-order valence-electron chi connectivity index (χ4n) is 3.95. The number of benzene rings is 2. The predicted octanol–water partition coefficient (Wildman–Crippen LogP) is 3.19. The lowest BCUT2D eigenvalue weighted by atomic mass is 9.99. The molecule has 7 heteroatoms. The minimum atomic E-state index is -0.461. The van der Waals surface area contributed by atoms with E-state index in [0.29, 0.717) is 18.1 Å². The fraction of sp³-hybridized carbons (Fsp3) is 0.320. The smallest absolute Gasteiger partial charge is 0.248 e. The number of ether oxygens (including phenoxy) is 1. The van der Waals surface area contributed by atoms with E-state index < -0.39 is 5.91 Å². The quantitative estimate of drug-likeness (QED) is 0.645. The molecule has 4 rings (SSSR count). The summed E-state index contributed by atoms with van der Waals surface area (Å²) >= 11 is 0. The van der Waals surface area contributed by atoms with Crippen molar-refractivity contribution in [2.24, 2.45) is 5.73 Å². The maximum Gasteiger partial charge on any atom is 0.248 e. The van der Waals surface area contributed by atoms with Gasteiger partial charge in [0.25, 0.3) is 0 Å². The van der Waals surface area contributed by atoms with Crippen molar-refractivity contribution in [3.05, 3.63) is 77.1 Å². The molecule has 2 heterocycles. The van der Waals surface area contributed by atoms with E-state index in [-0.39, 0.29) is 6.10 Å². The van der Waals surface area contributed by atoms with Gasteiger partial charge in [0.1, 0.15) is 6.10 Å². The number of amides is 1. The molecule has 0 spiro atoms. The molecule has 166 valence electrons. The Kier molecular flexibility index (Phi) is 6.48. The number of carbonyl (C=O) groups is 1. The van der Waals surface area contributed by atoms with Crippen LogP contribution in [0.2, 0.25) is 0 Å². The highest BCUT2D eigenvalue weighted by Gasteiger charge is 2.27. The van der Waals surface area contributed by atoms with Crippen LogP contribution in [0.1, 0.15) is 33.3 Å². The molecule has 1 atom stereocenters. The van der Waals surface area contributed by atoms with Crippen LogP contribution in [-0.4, -0.2) is 54.6 Å². The first kappa shape index (κ1) is 21.9. The van der Waals surface area contributed by atoms with Gasteiger partial charge in [-0.05, 0) is 35.7 Å². The standard InChI is InChI=1S/C25H29N5O2/c1-17-7-4-5-8-20(17)15-30-11-12-32-22(16-30)23-21(14-27-25(28-23)29(2)3)18-9-6-10-19(13-18)24(26)31/h4-10,13-14,22H,11-12,15-16H2,1-3H3,(H2,26,31). The molecule has 32 heavy (non-hydrogen) atoms. The number of morpholine rings is 1. The summed E-state index contributed by atoms with van der Waals surface area (Å²) in [6.07, 6.45) is 1.60. The number of aromatic nitrogens is 2. The molecule has 1 amide bonds. The van der Waals surface area contributed by atoms with Crippen LogP contribution in [0, 0.1) is 6.92 Å². The molecule has 1 aromatic heterocycles. The third kappa shape index (κ3) is 4.79. The summed E-state index contributed by atoms with van der Waals surface area (Å²) in [6, 6.07) is 15.7. The SMILES string of the molecule is Cc1ccccc1CN1CCOC(c2nc(N(C)C)ncc2-c2cccc(C(N)=O)c2)C1. The van der Waals surface area contributed by atoms with Crippen molar-refractivity contribution in [1.82, 2.24) is 14.9 Å². The minimum absolute atomic E-state index is 0.207. The molecule has 1 fully saturated rings. The topological polar surface area (TPSA) is 84.6 Å². The van der Waals surface area contributed by atoms with Crippen molar-refractivity contribution >= 4 is 11.9 Å². The zero-order valence-electron chi connectivity index (χ0n) is 18.8. The first-order valence-corrected chi connectivity index (χ1v) is 10.8. The van der Waals surface area contributed by atoms with Gasteiger partial charge < -0.3 is 15.4 Å². The van der Waals surface area contributed by atoms with Crippen molar-refractivity contribution in [1.29, 1.82) is 0 Å². The molecule has 0 radical (unpaired) electrons. The van der Waals surface area contributed by atoms with Crippen LogP contribution in [0.4, 0.5) is 5.95 Å². The van der Waals surface area contributed by atoms with E-state index in [2.05, 4.69) is 41.1 Å². The summed E-state index contributed by atoms with van der Waals surface area (Å²) in [6.45, 7) is 5.22.